The van der Waals surface area contributed by atoms with Gasteiger partial charge in [-0.25, -0.2) is 0 Å². The van der Waals surface area contributed by atoms with Gasteiger partial charge in [0.1, 0.15) is 0 Å². The van der Waals surface area contributed by atoms with Crippen molar-refractivity contribution < 1.29 is 0 Å². The van der Waals surface area contributed by atoms with Crippen molar-refractivity contribution in [2.75, 3.05) is 19.6 Å². The minimum atomic E-state index is -0.0944. The summed E-state index contributed by atoms with van der Waals surface area (Å²) in [6.07, 6.45) is 2.41. The van der Waals surface area contributed by atoms with Crippen molar-refractivity contribution >= 4 is 24.0 Å². The maximum atomic E-state index is 6.07. The van der Waals surface area contributed by atoms with Crippen molar-refractivity contribution in [3.05, 3.63) is 34.9 Å². The highest BCUT2D eigenvalue weighted by atomic mass is 35.5. The number of hydrogen-bond donors (Lipinski definition) is 1. The minimum Gasteiger partial charge on any atom is -0.324 e. The second kappa shape index (κ2) is 6.94. The third kappa shape index (κ3) is 5.31. The molecule has 2 rings (SSSR count). The van der Waals surface area contributed by atoms with Gasteiger partial charge < -0.3 is 10.6 Å². The molecule has 0 saturated carbocycles. The molecule has 19 heavy (non-hydrogen) atoms. The van der Waals surface area contributed by atoms with E-state index in [9.17, 15) is 0 Å². The van der Waals surface area contributed by atoms with Crippen LogP contribution >= 0.6 is 24.0 Å². The van der Waals surface area contributed by atoms with E-state index in [1.807, 2.05) is 12.1 Å². The Kier molecular flexibility index (Phi) is 6.13. The van der Waals surface area contributed by atoms with Crippen molar-refractivity contribution in [3.63, 3.8) is 0 Å². The summed E-state index contributed by atoms with van der Waals surface area (Å²) in [6.45, 7) is 7.44. The lowest BCUT2D eigenvalue weighted by Gasteiger charge is -2.36. The van der Waals surface area contributed by atoms with Crippen LogP contribution in [0.3, 0.4) is 0 Å². The lowest BCUT2D eigenvalue weighted by molar-refractivity contribution is 0.179. The van der Waals surface area contributed by atoms with Crippen LogP contribution in [0.4, 0.5) is 0 Å². The van der Waals surface area contributed by atoms with Crippen LogP contribution in [0.2, 0.25) is 5.02 Å². The van der Waals surface area contributed by atoms with Gasteiger partial charge in [-0.3, -0.25) is 0 Å². The molecule has 1 saturated heterocycles. The molecule has 0 bridgehead atoms. The fraction of sp³-hybridized carbons (Fsp3) is 0.600. The first-order valence-electron chi connectivity index (χ1n) is 6.71. The summed E-state index contributed by atoms with van der Waals surface area (Å²) in [5, 5.41) is 0.845. The van der Waals surface area contributed by atoms with Gasteiger partial charge in [-0.05, 0) is 63.4 Å². The van der Waals surface area contributed by atoms with Crippen LogP contribution in [0.15, 0.2) is 24.3 Å². The van der Waals surface area contributed by atoms with Crippen LogP contribution in [-0.2, 0) is 0 Å². The molecule has 1 aliphatic heterocycles. The number of nitrogens with zero attached hydrogens (tertiary/aromatic N) is 1. The number of likely N-dealkylation sites (tertiary alicyclic amines) is 1. The zero-order valence-electron chi connectivity index (χ0n) is 11.7. The van der Waals surface area contributed by atoms with Gasteiger partial charge in [-0.2, -0.15) is 0 Å². The summed E-state index contributed by atoms with van der Waals surface area (Å²) in [5.74, 6) is 0.654. The zero-order chi connectivity index (χ0) is 13.2. The number of benzene rings is 1. The standard InChI is InChI=1S/C15H23ClN2.ClH/c1-15(2,17)11-18-8-6-12(7-9-18)13-4-3-5-14(16)10-13;/h3-5,10,12H,6-9,11,17H2,1-2H3;1H. The average Bonchev–Trinajstić information content (AvgIpc) is 2.28. The molecule has 1 fully saturated rings. The van der Waals surface area contributed by atoms with E-state index in [4.69, 9.17) is 17.3 Å². The summed E-state index contributed by atoms with van der Waals surface area (Å²) in [4.78, 5) is 2.47. The maximum Gasteiger partial charge on any atom is 0.0408 e. The molecule has 4 heteroatoms. The summed E-state index contributed by atoms with van der Waals surface area (Å²) < 4.78 is 0. The Morgan fingerprint density at radius 3 is 2.47 bits per heavy atom. The van der Waals surface area contributed by atoms with E-state index in [1.54, 1.807) is 0 Å². The molecule has 0 unspecified atom stereocenters. The molecule has 1 aromatic carbocycles. The third-order valence-corrected chi connectivity index (χ3v) is 3.77. The van der Waals surface area contributed by atoms with Gasteiger partial charge in [0.05, 0.1) is 0 Å². The zero-order valence-corrected chi connectivity index (χ0v) is 13.3. The van der Waals surface area contributed by atoms with E-state index in [2.05, 4.69) is 30.9 Å². The normalized spacial score (nSPS) is 18.1. The number of hydrogen-bond acceptors (Lipinski definition) is 2. The summed E-state index contributed by atoms with van der Waals surface area (Å²) >= 11 is 6.05. The Morgan fingerprint density at radius 1 is 1.32 bits per heavy atom. The van der Waals surface area contributed by atoms with Gasteiger partial charge in [-0.1, -0.05) is 23.7 Å². The Balaban J connectivity index is 0.00000180. The maximum absolute atomic E-state index is 6.07. The quantitative estimate of drug-likeness (QED) is 0.923. The van der Waals surface area contributed by atoms with E-state index >= 15 is 0 Å². The predicted molar refractivity (Wildman–Crippen MR) is 85.4 cm³/mol. The number of nitrogens with two attached hydrogens (primary N) is 1. The molecular formula is C15H24Cl2N2. The second-order valence-corrected chi connectivity index (χ2v) is 6.53. The molecule has 108 valence electrons. The van der Waals surface area contributed by atoms with E-state index in [1.165, 1.54) is 18.4 Å². The van der Waals surface area contributed by atoms with Crippen molar-refractivity contribution in [2.45, 2.75) is 38.1 Å². The Bertz CT molecular complexity index is 393. The lowest BCUT2D eigenvalue weighted by Crippen LogP contribution is -2.47. The number of piperidine rings is 1. The molecule has 2 nitrogen and oxygen atoms in total. The van der Waals surface area contributed by atoms with Gasteiger partial charge >= 0.3 is 0 Å². The minimum absolute atomic E-state index is 0. The number of halogens is 2. The molecule has 0 radical (unpaired) electrons. The van der Waals surface area contributed by atoms with Crippen LogP contribution in [0.1, 0.15) is 38.2 Å². The van der Waals surface area contributed by atoms with Gasteiger partial charge in [0.25, 0.3) is 0 Å². The first-order valence-corrected chi connectivity index (χ1v) is 7.08. The summed E-state index contributed by atoms with van der Waals surface area (Å²) in [7, 11) is 0. The molecule has 0 aromatic heterocycles. The SMILES string of the molecule is CC(C)(N)CN1CCC(c2cccc(Cl)c2)CC1.Cl. The molecule has 0 atom stereocenters. The Morgan fingerprint density at radius 2 is 1.95 bits per heavy atom. The third-order valence-electron chi connectivity index (χ3n) is 3.54. The fourth-order valence-corrected chi connectivity index (χ4v) is 2.96. The predicted octanol–water partition coefficient (Wildman–Crippen LogP) is 3.68. The average molecular weight is 303 g/mol. The molecule has 1 heterocycles. The van der Waals surface area contributed by atoms with Gasteiger partial charge in [0, 0.05) is 17.1 Å². The number of rotatable bonds is 3. The summed E-state index contributed by atoms with van der Waals surface area (Å²) in [5.41, 5.74) is 7.36. The molecule has 1 aliphatic rings. The second-order valence-electron chi connectivity index (χ2n) is 6.09. The van der Waals surface area contributed by atoms with Crippen LogP contribution < -0.4 is 5.73 Å². The van der Waals surface area contributed by atoms with Crippen LogP contribution in [0, 0.1) is 0 Å². The highest BCUT2D eigenvalue weighted by Gasteiger charge is 2.23. The largest absolute Gasteiger partial charge is 0.324 e. The van der Waals surface area contributed by atoms with E-state index < -0.39 is 0 Å². The van der Waals surface area contributed by atoms with Crippen molar-refractivity contribution in [1.29, 1.82) is 0 Å². The van der Waals surface area contributed by atoms with Gasteiger partial charge in [-0.15, -0.1) is 12.4 Å². The van der Waals surface area contributed by atoms with Crippen LogP contribution in [-0.4, -0.2) is 30.1 Å². The highest BCUT2D eigenvalue weighted by molar-refractivity contribution is 6.30. The molecule has 2 N–H and O–H groups in total. The van der Waals surface area contributed by atoms with Gasteiger partial charge in [0.2, 0.25) is 0 Å². The monoisotopic (exact) mass is 302 g/mol. The van der Waals surface area contributed by atoms with E-state index in [0.29, 0.717) is 5.92 Å². The summed E-state index contributed by atoms with van der Waals surface area (Å²) in [6, 6.07) is 8.29. The topological polar surface area (TPSA) is 29.3 Å². The molecule has 1 aromatic rings. The molecule has 0 amide bonds. The Labute approximate surface area is 127 Å². The Hall–Kier alpha value is -0.280. The molecule has 0 spiro atoms. The van der Waals surface area contributed by atoms with Gasteiger partial charge in [0.15, 0.2) is 0 Å². The molecule has 0 aliphatic carbocycles. The van der Waals surface area contributed by atoms with Crippen LogP contribution in [0.25, 0.3) is 0 Å². The lowest BCUT2D eigenvalue weighted by atomic mass is 9.89. The first kappa shape index (κ1) is 16.8. The fourth-order valence-electron chi connectivity index (χ4n) is 2.76. The van der Waals surface area contributed by atoms with E-state index in [0.717, 1.165) is 24.7 Å². The van der Waals surface area contributed by atoms with Crippen molar-refractivity contribution in [1.82, 2.24) is 4.90 Å². The first-order chi connectivity index (χ1) is 8.44. The smallest absolute Gasteiger partial charge is 0.0408 e. The van der Waals surface area contributed by atoms with E-state index in [-0.39, 0.29) is 17.9 Å². The van der Waals surface area contributed by atoms with Crippen molar-refractivity contribution in [3.8, 4) is 0 Å². The van der Waals surface area contributed by atoms with Crippen LogP contribution in [0.5, 0.6) is 0 Å². The highest BCUT2D eigenvalue weighted by Crippen LogP contribution is 2.29. The van der Waals surface area contributed by atoms with Crippen molar-refractivity contribution in [2.24, 2.45) is 5.73 Å². The molecular weight excluding hydrogens is 279 g/mol.